The maximum absolute atomic E-state index is 13.0. The number of amides is 1. The van der Waals surface area contributed by atoms with Crippen LogP contribution in [0.5, 0.6) is 5.75 Å². The number of hydrazine groups is 1. The van der Waals surface area contributed by atoms with Gasteiger partial charge in [-0.2, -0.15) is 18.4 Å². The van der Waals surface area contributed by atoms with Crippen LogP contribution in [0, 0.1) is 11.3 Å². The van der Waals surface area contributed by atoms with Crippen LogP contribution in [0.25, 0.3) is 0 Å². The molecule has 1 aliphatic heterocycles. The van der Waals surface area contributed by atoms with Gasteiger partial charge in [0.25, 0.3) is 11.6 Å². The number of nitriles is 1. The lowest BCUT2D eigenvalue weighted by molar-refractivity contribution is -0.289. The fraction of sp³-hybridized carbons (Fsp3) is 0.286. The summed E-state index contributed by atoms with van der Waals surface area (Å²) in [4.78, 5) is 12.0. The van der Waals surface area contributed by atoms with Crippen LogP contribution in [0.4, 0.5) is 13.2 Å². The van der Waals surface area contributed by atoms with E-state index in [1.165, 1.54) is 19.1 Å². The topological polar surface area (TPSA) is 85.6 Å². The standard InChI is InChI=1S/C14H12F3N3O3/c1-9-6-13(22,14(15,16)17)20(19-9)12(21)8-23-11-5-3-2-4-10(11)7-18/h2-6,19,22H,8H2,1H3/t13-/m0/s1. The minimum Gasteiger partial charge on any atom is -0.482 e. The predicted molar refractivity (Wildman–Crippen MR) is 71.4 cm³/mol. The summed E-state index contributed by atoms with van der Waals surface area (Å²) < 4.78 is 44.1. The molecule has 0 unspecified atom stereocenters. The smallest absolute Gasteiger partial charge is 0.442 e. The van der Waals surface area contributed by atoms with Gasteiger partial charge in [-0.25, -0.2) is 5.01 Å². The van der Waals surface area contributed by atoms with Crippen molar-refractivity contribution in [3.8, 4) is 11.8 Å². The average molecular weight is 327 g/mol. The largest absolute Gasteiger partial charge is 0.482 e. The predicted octanol–water partition coefficient (Wildman–Crippen LogP) is 1.44. The summed E-state index contributed by atoms with van der Waals surface area (Å²) in [6.07, 6.45) is -4.59. The molecule has 6 nitrogen and oxygen atoms in total. The van der Waals surface area contributed by atoms with Gasteiger partial charge in [0, 0.05) is 5.70 Å². The summed E-state index contributed by atoms with van der Waals surface area (Å²) in [5.74, 6) is -1.09. The number of allylic oxidation sites excluding steroid dienone is 1. The second-order valence-electron chi connectivity index (χ2n) is 4.79. The Morgan fingerprint density at radius 2 is 2.13 bits per heavy atom. The normalized spacial score (nSPS) is 20.5. The number of hydrogen-bond acceptors (Lipinski definition) is 5. The van der Waals surface area contributed by atoms with Crippen molar-refractivity contribution in [1.82, 2.24) is 10.4 Å². The van der Waals surface area contributed by atoms with Crippen molar-refractivity contribution in [2.75, 3.05) is 6.61 Å². The number of halogens is 3. The molecule has 1 amide bonds. The SMILES string of the molecule is CC1=C[C@](O)(C(F)(F)F)N(C(=O)COc2ccccc2C#N)N1. The molecular formula is C14H12F3N3O3. The molecule has 0 aromatic heterocycles. The molecule has 1 heterocycles. The highest BCUT2D eigenvalue weighted by Gasteiger charge is 2.61. The third-order valence-electron chi connectivity index (χ3n) is 3.07. The first-order valence-corrected chi connectivity index (χ1v) is 6.39. The van der Waals surface area contributed by atoms with Gasteiger partial charge in [0.15, 0.2) is 6.61 Å². The molecule has 23 heavy (non-hydrogen) atoms. The fourth-order valence-corrected chi connectivity index (χ4v) is 2.01. The Hall–Kier alpha value is -2.73. The van der Waals surface area contributed by atoms with Crippen LogP contribution in [0.2, 0.25) is 0 Å². The highest BCUT2D eigenvalue weighted by Crippen LogP contribution is 2.37. The van der Waals surface area contributed by atoms with Crippen LogP contribution in [0.1, 0.15) is 12.5 Å². The third-order valence-corrected chi connectivity index (χ3v) is 3.07. The van der Waals surface area contributed by atoms with E-state index >= 15 is 0 Å². The van der Waals surface area contributed by atoms with Crippen molar-refractivity contribution in [3.05, 3.63) is 41.6 Å². The van der Waals surface area contributed by atoms with E-state index in [2.05, 4.69) is 5.43 Å². The molecule has 0 saturated carbocycles. The highest BCUT2D eigenvalue weighted by molar-refractivity contribution is 5.79. The van der Waals surface area contributed by atoms with Gasteiger partial charge in [-0.1, -0.05) is 12.1 Å². The molecule has 1 atom stereocenters. The number of nitrogens with one attached hydrogen (secondary N) is 1. The van der Waals surface area contributed by atoms with Crippen LogP contribution in [0.3, 0.4) is 0 Å². The van der Waals surface area contributed by atoms with Crippen molar-refractivity contribution in [1.29, 1.82) is 5.26 Å². The lowest BCUT2D eigenvalue weighted by Gasteiger charge is -2.33. The van der Waals surface area contributed by atoms with Crippen LogP contribution in [0.15, 0.2) is 36.0 Å². The van der Waals surface area contributed by atoms with Gasteiger partial charge in [0.2, 0.25) is 0 Å². The fourth-order valence-electron chi connectivity index (χ4n) is 2.01. The lowest BCUT2D eigenvalue weighted by Crippen LogP contribution is -2.61. The van der Waals surface area contributed by atoms with Gasteiger partial charge in [-0.05, 0) is 25.1 Å². The summed E-state index contributed by atoms with van der Waals surface area (Å²) >= 11 is 0. The minimum atomic E-state index is -5.09. The van der Waals surface area contributed by atoms with E-state index in [1.807, 2.05) is 6.07 Å². The first kappa shape index (κ1) is 16.6. The van der Waals surface area contributed by atoms with Gasteiger partial charge in [0.1, 0.15) is 11.8 Å². The summed E-state index contributed by atoms with van der Waals surface area (Å²) in [5, 5.41) is 18.7. The van der Waals surface area contributed by atoms with E-state index in [0.29, 0.717) is 6.08 Å². The van der Waals surface area contributed by atoms with Crippen molar-refractivity contribution < 1.29 is 27.8 Å². The first-order valence-electron chi connectivity index (χ1n) is 6.39. The van der Waals surface area contributed by atoms with Crippen molar-refractivity contribution in [3.63, 3.8) is 0 Å². The maximum atomic E-state index is 13.0. The zero-order chi connectivity index (χ0) is 17.3. The summed E-state index contributed by atoms with van der Waals surface area (Å²) in [6.45, 7) is 0.487. The number of benzene rings is 1. The minimum absolute atomic E-state index is 0.0319. The van der Waals surface area contributed by atoms with Gasteiger partial charge in [0.05, 0.1) is 5.56 Å². The molecule has 0 aliphatic carbocycles. The van der Waals surface area contributed by atoms with E-state index in [-0.39, 0.29) is 22.0 Å². The molecule has 0 saturated heterocycles. The summed E-state index contributed by atoms with van der Waals surface area (Å²) in [6, 6.07) is 7.80. The molecule has 9 heteroatoms. The third kappa shape index (κ3) is 3.07. The number of para-hydroxylation sites is 1. The maximum Gasteiger partial charge on any atom is 0.442 e. The molecule has 2 N–H and O–H groups in total. The molecule has 0 fully saturated rings. The number of carbonyl (C=O) groups excluding carboxylic acids is 1. The zero-order valence-electron chi connectivity index (χ0n) is 11.9. The van der Waals surface area contributed by atoms with E-state index in [0.717, 1.165) is 0 Å². The molecule has 0 radical (unpaired) electrons. The second kappa shape index (κ2) is 5.81. The van der Waals surface area contributed by atoms with Gasteiger partial charge >= 0.3 is 6.18 Å². The Balaban J connectivity index is 2.14. The highest BCUT2D eigenvalue weighted by atomic mass is 19.4. The van der Waals surface area contributed by atoms with Crippen LogP contribution in [-0.4, -0.2) is 34.5 Å². The van der Waals surface area contributed by atoms with Gasteiger partial charge < -0.3 is 9.84 Å². The van der Waals surface area contributed by atoms with E-state index < -0.39 is 24.4 Å². The van der Waals surface area contributed by atoms with Crippen LogP contribution >= 0.6 is 0 Å². The molecule has 0 spiro atoms. The van der Waals surface area contributed by atoms with E-state index in [4.69, 9.17) is 10.00 Å². The van der Waals surface area contributed by atoms with Gasteiger partial charge in [-0.15, -0.1) is 0 Å². The molecule has 2 rings (SSSR count). The quantitative estimate of drug-likeness (QED) is 0.877. The average Bonchev–Trinajstić information content (AvgIpc) is 2.81. The molecule has 1 aromatic rings. The monoisotopic (exact) mass is 327 g/mol. The Labute approximate surface area is 129 Å². The number of hydrogen-bond donors (Lipinski definition) is 2. The molecular weight excluding hydrogens is 315 g/mol. The molecule has 1 aliphatic rings. The number of alkyl halides is 3. The Bertz CT molecular complexity index is 696. The number of carbonyl (C=O) groups is 1. The van der Waals surface area contributed by atoms with E-state index in [1.54, 1.807) is 12.1 Å². The Kier molecular flexibility index (Phi) is 4.20. The lowest BCUT2D eigenvalue weighted by atomic mass is 10.2. The summed E-state index contributed by atoms with van der Waals surface area (Å²) in [7, 11) is 0. The number of rotatable bonds is 3. The second-order valence-corrected chi connectivity index (χ2v) is 4.79. The summed E-state index contributed by atoms with van der Waals surface area (Å²) in [5.41, 5.74) is -1.20. The zero-order valence-corrected chi connectivity index (χ0v) is 11.9. The Morgan fingerprint density at radius 3 is 2.74 bits per heavy atom. The number of nitrogens with zero attached hydrogens (tertiary/aromatic N) is 2. The molecule has 1 aromatic carbocycles. The van der Waals surface area contributed by atoms with Crippen molar-refractivity contribution >= 4 is 5.91 Å². The Morgan fingerprint density at radius 1 is 1.48 bits per heavy atom. The number of ether oxygens (including phenoxy) is 1. The van der Waals surface area contributed by atoms with Crippen LogP contribution < -0.4 is 10.2 Å². The van der Waals surface area contributed by atoms with E-state index in [9.17, 15) is 23.1 Å². The van der Waals surface area contributed by atoms with Crippen molar-refractivity contribution in [2.45, 2.75) is 18.8 Å². The molecule has 0 bridgehead atoms. The van der Waals surface area contributed by atoms with Gasteiger partial charge in [-0.3, -0.25) is 10.2 Å². The molecule has 122 valence electrons. The number of aliphatic hydroxyl groups is 1. The van der Waals surface area contributed by atoms with Crippen LogP contribution in [-0.2, 0) is 4.79 Å². The van der Waals surface area contributed by atoms with Crippen molar-refractivity contribution in [2.24, 2.45) is 0 Å². The first-order chi connectivity index (χ1) is 10.7.